The van der Waals surface area contributed by atoms with Crippen LogP contribution < -0.4 is 0 Å². The minimum Gasteiger partial charge on any atom is -0.410 e. The number of likely N-dealkylation sites (N-methyl/N-ethyl adjacent to an activating group) is 1. The minimum atomic E-state index is -1.44. The van der Waals surface area contributed by atoms with E-state index >= 15 is 0 Å². The van der Waals surface area contributed by atoms with Crippen LogP contribution in [-0.2, 0) is 9.16 Å². The summed E-state index contributed by atoms with van der Waals surface area (Å²) in [4.78, 5) is 2.50. The van der Waals surface area contributed by atoms with Crippen molar-refractivity contribution in [3.8, 4) is 0 Å². The van der Waals surface area contributed by atoms with Gasteiger partial charge in [0.2, 0.25) is 0 Å². The van der Waals surface area contributed by atoms with Crippen molar-refractivity contribution in [3.05, 3.63) is 0 Å². The van der Waals surface area contributed by atoms with Crippen molar-refractivity contribution in [2.45, 2.75) is 62.9 Å². The second-order valence-corrected chi connectivity index (χ2v) is 10.6. The van der Waals surface area contributed by atoms with E-state index in [1.54, 1.807) is 0 Å². The standard InChI is InChI=1S/C11H21NO2Si/c1-12-8-5-7-6-9(12)11(10(8)13-7)14-15(2,3)4/h7-11H,5-6H2,1-4H3/t7-,8-,9+,10+,11+/m0/s1. The van der Waals surface area contributed by atoms with Gasteiger partial charge >= 0.3 is 0 Å². The summed E-state index contributed by atoms with van der Waals surface area (Å²) >= 11 is 0. The predicted octanol–water partition coefficient (Wildman–Crippen LogP) is 1.45. The summed E-state index contributed by atoms with van der Waals surface area (Å²) in [7, 11) is 0.801. The molecule has 0 aliphatic carbocycles. The van der Waals surface area contributed by atoms with Crippen LogP contribution in [0.4, 0.5) is 0 Å². The molecule has 0 N–H and O–H groups in total. The highest BCUT2D eigenvalue weighted by molar-refractivity contribution is 6.69. The number of hydrogen-bond acceptors (Lipinski definition) is 3. The van der Waals surface area contributed by atoms with E-state index in [4.69, 9.17) is 9.16 Å². The quantitative estimate of drug-likeness (QED) is 0.667. The molecule has 15 heavy (non-hydrogen) atoms. The highest BCUT2D eigenvalue weighted by atomic mass is 28.4. The first-order valence-electron chi connectivity index (χ1n) is 6.01. The number of ether oxygens (including phenoxy) is 1. The molecule has 4 aliphatic rings. The number of hydrogen-bond donors (Lipinski definition) is 0. The summed E-state index contributed by atoms with van der Waals surface area (Å²) in [6.07, 6.45) is 3.65. The van der Waals surface area contributed by atoms with E-state index in [0.29, 0.717) is 30.4 Å². The van der Waals surface area contributed by atoms with Gasteiger partial charge in [0.1, 0.15) is 0 Å². The lowest BCUT2D eigenvalue weighted by Gasteiger charge is -2.38. The second-order valence-electron chi connectivity index (χ2n) is 6.19. The summed E-state index contributed by atoms with van der Waals surface area (Å²) < 4.78 is 12.3. The van der Waals surface area contributed by atoms with Crippen LogP contribution >= 0.6 is 0 Å². The first-order chi connectivity index (χ1) is 6.96. The summed E-state index contributed by atoms with van der Waals surface area (Å²) in [6, 6.07) is 1.26. The summed E-state index contributed by atoms with van der Waals surface area (Å²) in [5.41, 5.74) is 0. The molecule has 4 heteroatoms. The molecular formula is C11H21NO2Si. The Bertz CT molecular complexity index is 276. The van der Waals surface area contributed by atoms with Gasteiger partial charge in [-0.2, -0.15) is 0 Å². The van der Waals surface area contributed by atoms with Crippen molar-refractivity contribution in [3.63, 3.8) is 0 Å². The van der Waals surface area contributed by atoms with Gasteiger partial charge in [-0.1, -0.05) is 0 Å². The zero-order valence-corrected chi connectivity index (χ0v) is 11.1. The average molecular weight is 227 g/mol. The van der Waals surface area contributed by atoms with Gasteiger partial charge < -0.3 is 9.16 Å². The average Bonchev–Trinajstić information content (AvgIpc) is 2.50. The van der Waals surface area contributed by atoms with E-state index in [1.165, 1.54) is 12.8 Å². The molecule has 0 aromatic carbocycles. The molecule has 0 amide bonds. The molecule has 4 bridgehead atoms. The van der Waals surface area contributed by atoms with E-state index < -0.39 is 8.32 Å². The van der Waals surface area contributed by atoms with E-state index in [-0.39, 0.29) is 0 Å². The van der Waals surface area contributed by atoms with Gasteiger partial charge in [-0.25, -0.2) is 0 Å². The zero-order valence-electron chi connectivity index (χ0n) is 10.1. The lowest BCUT2D eigenvalue weighted by atomic mass is 10.0. The minimum absolute atomic E-state index is 0.352. The first-order valence-corrected chi connectivity index (χ1v) is 9.42. The van der Waals surface area contributed by atoms with Gasteiger partial charge in [-0.3, -0.25) is 4.90 Å². The van der Waals surface area contributed by atoms with Crippen molar-refractivity contribution in [1.82, 2.24) is 4.90 Å². The highest BCUT2D eigenvalue weighted by Gasteiger charge is 2.59. The molecule has 0 unspecified atom stereocenters. The topological polar surface area (TPSA) is 21.7 Å². The molecule has 0 radical (unpaired) electrons. The summed E-state index contributed by atoms with van der Waals surface area (Å²) in [5, 5.41) is 0. The monoisotopic (exact) mass is 227 g/mol. The van der Waals surface area contributed by atoms with E-state index in [1.807, 2.05) is 0 Å². The Kier molecular flexibility index (Phi) is 2.10. The Morgan fingerprint density at radius 1 is 1.20 bits per heavy atom. The molecule has 4 fully saturated rings. The van der Waals surface area contributed by atoms with Crippen LogP contribution in [0.25, 0.3) is 0 Å². The normalized spacial score (nSPS) is 49.2. The summed E-state index contributed by atoms with van der Waals surface area (Å²) in [5.74, 6) is 0. The summed E-state index contributed by atoms with van der Waals surface area (Å²) in [6.45, 7) is 6.81. The molecule has 0 aromatic rings. The molecule has 4 aliphatic heterocycles. The smallest absolute Gasteiger partial charge is 0.184 e. The van der Waals surface area contributed by atoms with Crippen molar-refractivity contribution >= 4 is 8.32 Å². The number of nitrogens with zero attached hydrogens (tertiary/aromatic N) is 1. The maximum Gasteiger partial charge on any atom is 0.184 e. The van der Waals surface area contributed by atoms with Gasteiger partial charge in [-0.05, 0) is 39.5 Å². The van der Waals surface area contributed by atoms with Crippen LogP contribution in [0.15, 0.2) is 0 Å². The molecule has 4 rings (SSSR count). The molecule has 0 spiro atoms. The van der Waals surface area contributed by atoms with Crippen LogP contribution in [0.2, 0.25) is 19.6 Å². The largest absolute Gasteiger partial charge is 0.410 e. The van der Waals surface area contributed by atoms with Crippen LogP contribution in [0.3, 0.4) is 0 Å². The Labute approximate surface area is 92.9 Å². The fraction of sp³-hybridized carbons (Fsp3) is 1.00. The molecule has 5 atom stereocenters. The van der Waals surface area contributed by atoms with Crippen molar-refractivity contribution in [1.29, 1.82) is 0 Å². The Morgan fingerprint density at radius 3 is 2.47 bits per heavy atom. The van der Waals surface area contributed by atoms with Gasteiger partial charge in [-0.15, -0.1) is 0 Å². The molecular weight excluding hydrogens is 206 g/mol. The van der Waals surface area contributed by atoms with Crippen LogP contribution in [0.5, 0.6) is 0 Å². The van der Waals surface area contributed by atoms with Crippen LogP contribution in [0, 0.1) is 0 Å². The fourth-order valence-corrected chi connectivity index (χ4v) is 4.55. The predicted molar refractivity (Wildman–Crippen MR) is 61.5 cm³/mol. The molecule has 4 saturated heterocycles. The lowest BCUT2D eigenvalue weighted by molar-refractivity contribution is -0.0684. The number of rotatable bonds is 2. The maximum atomic E-state index is 6.31. The number of piperidine rings is 1. The molecule has 0 aromatic heterocycles. The lowest BCUT2D eigenvalue weighted by Crippen LogP contribution is -2.49. The Hall–Kier alpha value is 0.0969. The SMILES string of the molecule is CN1[C@@H]2C[C@@H]3C[C@H]1[C@@H](O3)[C@@H]2O[Si](C)(C)C. The van der Waals surface area contributed by atoms with Gasteiger partial charge in [0.15, 0.2) is 8.32 Å². The van der Waals surface area contributed by atoms with Crippen LogP contribution in [-0.4, -0.2) is 50.7 Å². The highest BCUT2D eigenvalue weighted by Crippen LogP contribution is 2.46. The van der Waals surface area contributed by atoms with E-state index in [2.05, 4.69) is 31.6 Å². The van der Waals surface area contributed by atoms with Gasteiger partial charge in [0.05, 0.1) is 18.3 Å². The Morgan fingerprint density at radius 2 is 1.87 bits per heavy atom. The third-order valence-corrected chi connectivity index (χ3v) is 4.96. The second kappa shape index (κ2) is 3.06. The van der Waals surface area contributed by atoms with E-state index in [0.717, 1.165) is 0 Å². The van der Waals surface area contributed by atoms with Gasteiger partial charge in [0.25, 0.3) is 0 Å². The van der Waals surface area contributed by atoms with E-state index in [9.17, 15) is 0 Å². The van der Waals surface area contributed by atoms with Crippen molar-refractivity contribution in [2.24, 2.45) is 0 Å². The van der Waals surface area contributed by atoms with Crippen molar-refractivity contribution in [2.75, 3.05) is 7.05 Å². The molecule has 0 saturated carbocycles. The van der Waals surface area contributed by atoms with Crippen LogP contribution in [0.1, 0.15) is 12.8 Å². The zero-order chi connectivity index (χ0) is 10.8. The molecule has 86 valence electrons. The fourth-order valence-electron chi connectivity index (χ4n) is 3.44. The van der Waals surface area contributed by atoms with Crippen molar-refractivity contribution < 1.29 is 9.16 Å². The van der Waals surface area contributed by atoms with Gasteiger partial charge in [0, 0.05) is 12.1 Å². The Balaban J connectivity index is 1.81. The first kappa shape index (κ1) is 10.3. The third kappa shape index (κ3) is 1.50. The maximum absolute atomic E-state index is 6.31. The third-order valence-electron chi connectivity index (χ3n) is 3.98. The molecule has 3 nitrogen and oxygen atoms in total. The molecule has 4 heterocycles.